The van der Waals surface area contributed by atoms with Gasteiger partial charge in [-0.2, -0.15) is 18.3 Å². The molecule has 1 N–H and O–H groups in total. The van der Waals surface area contributed by atoms with Crippen LogP contribution in [0.5, 0.6) is 5.75 Å². The first kappa shape index (κ1) is 22.5. The highest BCUT2D eigenvalue weighted by Gasteiger charge is 2.30. The highest BCUT2D eigenvalue weighted by atomic mass is 127. The van der Waals surface area contributed by atoms with Gasteiger partial charge in [-0.1, -0.05) is 0 Å². The number of hydrogen-bond acceptors (Lipinski definition) is 6. The molecule has 160 valence electrons. The van der Waals surface area contributed by atoms with Crippen LogP contribution in [0.1, 0.15) is 16.7 Å². The molecule has 1 heterocycles. The zero-order valence-corrected chi connectivity index (χ0v) is 17.8. The summed E-state index contributed by atoms with van der Waals surface area (Å²) in [5, 5.41) is 14.7. The van der Waals surface area contributed by atoms with Gasteiger partial charge in [0.2, 0.25) is 0 Å². The number of nitro groups is 1. The molecule has 0 aliphatic carbocycles. The molecular formula is C20H14F3IN4O3. The molecule has 0 aliphatic heterocycles. The van der Waals surface area contributed by atoms with Crippen LogP contribution in [0.15, 0.2) is 65.9 Å². The van der Waals surface area contributed by atoms with Crippen LogP contribution in [-0.2, 0) is 12.8 Å². The molecule has 0 atom stereocenters. The third-order valence-electron chi connectivity index (χ3n) is 3.98. The average Bonchev–Trinajstić information content (AvgIpc) is 2.73. The van der Waals surface area contributed by atoms with E-state index >= 15 is 0 Å². The molecule has 0 fully saturated rings. The highest BCUT2D eigenvalue weighted by molar-refractivity contribution is 14.1. The normalized spacial score (nSPS) is 11.5. The fourth-order valence-electron chi connectivity index (χ4n) is 2.39. The van der Waals surface area contributed by atoms with Gasteiger partial charge in [-0.3, -0.25) is 15.5 Å². The number of aromatic nitrogens is 1. The van der Waals surface area contributed by atoms with Crippen LogP contribution >= 0.6 is 22.6 Å². The van der Waals surface area contributed by atoms with Crippen molar-refractivity contribution < 1.29 is 22.8 Å². The Labute approximate surface area is 188 Å². The Morgan fingerprint density at radius 3 is 2.48 bits per heavy atom. The summed E-state index contributed by atoms with van der Waals surface area (Å²) < 4.78 is 44.2. The lowest BCUT2D eigenvalue weighted by molar-refractivity contribution is -0.384. The van der Waals surface area contributed by atoms with Gasteiger partial charge in [0.25, 0.3) is 5.69 Å². The Balaban J connectivity index is 1.56. The van der Waals surface area contributed by atoms with Gasteiger partial charge in [-0.05, 0) is 76.2 Å². The number of non-ortho nitro benzene ring substituents is 1. The predicted molar refractivity (Wildman–Crippen MR) is 117 cm³/mol. The maximum Gasteiger partial charge on any atom is 0.417 e. The Morgan fingerprint density at radius 1 is 1.16 bits per heavy atom. The largest absolute Gasteiger partial charge is 0.488 e. The fourth-order valence-corrected chi connectivity index (χ4v) is 3.09. The minimum atomic E-state index is -4.44. The van der Waals surface area contributed by atoms with Crippen molar-refractivity contribution in [1.29, 1.82) is 0 Å². The Bertz CT molecular complexity index is 1090. The quantitative estimate of drug-likeness (QED) is 0.181. The van der Waals surface area contributed by atoms with Crippen LogP contribution in [-0.4, -0.2) is 16.1 Å². The molecule has 0 spiro atoms. The average molecular weight is 542 g/mol. The molecule has 3 rings (SSSR count). The van der Waals surface area contributed by atoms with E-state index in [1.54, 1.807) is 24.3 Å². The number of pyridine rings is 1. The fraction of sp³-hybridized carbons (Fsp3) is 0.100. The first-order chi connectivity index (χ1) is 14.7. The molecule has 0 radical (unpaired) electrons. The summed E-state index contributed by atoms with van der Waals surface area (Å²) >= 11 is 2.10. The molecule has 11 heteroatoms. The van der Waals surface area contributed by atoms with Crippen molar-refractivity contribution >= 4 is 40.3 Å². The topological polar surface area (TPSA) is 89.7 Å². The SMILES string of the molecule is O=[N+]([O-])c1ccc(COc2ccc(/C=N\Nc3ccc(C(F)(F)F)cn3)cc2I)cc1. The number of nitrogens with one attached hydrogen (secondary N) is 1. The van der Waals surface area contributed by atoms with Crippen molar-refractivity contribution in [1.82, 2.24) is 4.98 Å². The summed E-state index contributed by atoms with van der Waals surface area (Å²) in [7, 11) is 0. The predicted octanol–water partition coefficient (Wildman–Crippen LogP) is 5.64. The van der Waals surface area contributed by atoms with Gasteiger partial charge >= 0.3 is 6.18 Å². The number of ether oxygens (including phenoxy) is 1. The van der Waals surface area contributed by atoms with E-state index in [1.807, 2.05) is 6.07 Å². The van der Waals surface area contributed by atoms with Gasteiger partial charge in [0.15, 0.2) is 0 Å². The smallest absolute Gasteiger partial charge is 0.417 e. The summed E-state index contributed by atoms with van der Waals surface area (Å²) in [6, 6.07) is 13.5. The highest BCUT2D eigenvalue weighted by Crippen LogP contribution is 2.29. The minimum Gasteiger partial charge on any atom is -0.488 e. The van der Waals surface area contributed by atoms with E-state index in [-0.39, 0.29) is 18.1 Å². The van der Waals surface area contributed by atoms with Gasteiger partial charge in [0.05, 0.1) is 20.3 Å². The van der Waals surface area contributed by atoms with Crippen molar-refractivity contribution in [3.8, 4) is 5.75 Å². The number of hydrazone groups is 1. The number of hydrogen-bond donors (Lipinski definition) is 1. The maximum absolute atomic E-state index is 12.5. The first-order valence-corrected chi connectivity index (χ1v) is 9.78. The van der Waals surface area contributed by atoms with E-state index in [4.69, 9.17) is 4.74 Å². The third-order valence-corrected chi connectivity index (χ3v) is 4.82. The second-order valence-electron chi connectivity index (χ2n) is 6.20. The molecule has 3 aromatic rings. The number of nitrogens with zero attached hydrogens (tertiary/aromatic N) is 3. The van der Waals surface area contributed by atoms with Gasteiger partial charge in [0.1, 0.15) is 18.2 Å². The molecule has 0 amide bonds. The van der Waals surface area contributed by atoms with E-state index in [2.05, 4.69) is 38.1 Å². The summed E-state index contributed by atoms with van der Waals surface area (Å²) in [5.74, 6) is 0.815. The number of anilines is 1. The summed E-state index contributed by atoms with van der Waals surface area (Å²) in [6.45, 7) is 0.253. The number of nitro benzene ring substituents is 1. The second kappa shape index (κ2) is 9.73. The first-order valence-electron chi connectivity index (χ1n) is 8.70. The number of benzene rings is 2. The van der Waals surface area contributed by atoms with Crippen LogP contribution in [0.2, 0.25) is 0 Å². The van der Waals surface area contributed by atoms with Crippen LogP contribution in [0.25, 0.3) is 0 Å². The Kier molecular flexibility index (Phi) is 7.05. The molecular weight excluding hydrogens is 528 g/mol. The lowest BCUT2D eigenvalue weighted by Crippen LogP contribution is -2.05. The zero-order chi connectivity index (χ0) is 22.4. The molecule has 0 saturated heterocycles. The van der Waals surface area contributed by atoms with E-state index < -0.39 is 16.7 Å². The van der Waals surface area contributed by atoms with Gasteiger partial charge in [-0.25, -0.2) is 4.98 Å². The molecule has 0 unspecified atom stereocenters. The number of halogens is 4. The zero-order valence-electron chi connectivity index (χ0n) is 15.6. The lowest BCUT2D eigenvalue weighted by Gasteiger charge is -2.09. The summed E-state index contributed by atoms with van der Waals surface area (Å²) in [5.41, 5.74) is 3.29. The summed E-state index contributed by atoms with van der Waals surface area (Å²) in [4.78, 5) is 13.9. The number of alkyl halides is 3. The molecule has 0 aliphatic rings. The van der Waals surface area contributed by atoms with Crippen LogP contribution in [0.3, 0.4) is 0 Å². The second-order valence-corrected chi connectivity index (χ2v) is 7.36. The van der Waals surface area contributed by atoms with Gasteiger partial charge in [0, 0.05) is 18.3 Å². The van der Waals surface area contributed by atoms with E-state index in [0.717, 1.165) is 27.0 Å². The van der Waals surface area contributed by atoms with Crippen molar-refractivity contribution in [2.45, 2.75) is 12.8 Å². The summed E-state index contributed by atoms with van der Waals surface area (Å²) in [6.07, 6.45) is -2.20. The molecule has 0 saturated carbocycles. The van der Waals surface area contributed by atoms with Crippen LogP contribution < -0.4 is 10.2 Å². The van der Waals surface area contributed by atoms with E-state index in [0.29, 0.717) is 5.75 Å². The van der Waals surface area contributed by atoms with E-state index in [1.165, 1.54) is 24.4 Å². The maximum atomic E-state index is 12.5. The van der Waals surface area contributed by atoms with Gasteiger partial charge in [-0.15, -0.1) is 0 Å². The lowest BCUT2D eigenvalue weighted by atomic mass is 10.2. The number of rotatable bonds is 7. The molecule has 0 bridgehead atoms. The van der Waals surface area contributed by atoms with Crippen molar-refractivity contribution in [2.24, 2.45) is 5.10 Å². The van der Waals surface area contributed by atoms with Gasteiger partial charge < -0.3 is 4.74 Å². The Morgan fingerprint density at radius 2 is 1.90 bits per heavy atom. The standard InChI is InChI=1S/C20H14F3IN4O3/c21-20(22,23)15-4-8-19(25-11-15)27-26-10-14-3-7-18(17(24)9-14)31-12-13-1-5-16(6-2-13)28(29)30/h1-11H,12H2,(H,25,27)/b26-10-. The third kappa shape index (κ3) is 6.38. The molecule has 31 heavy (non-hydrogen) atoms. The van der Waals surface area contributed by atoms with Crippen molar-refractivity contribution in [3.63, 3.8) is 0 Å². The van der Waals surface area contributed by atoms with Crippen LogP contribution in [0, 0.1) is 13.7 Å². The minimum absolute atomic E-state index is 0.0158. The molecule has 2 aromatic carbocycles. The van der Waals surface area contributed by atoms with Crippen LogP contribution in [0.4, 0.5) is 24.7 Å². The van der Waals surface area contributed by atoms with Crippen molar-refractivity contribution in [2.75, 3.05) is 5.43 Å². The van der Waals surface area contributed by atoms with Crippen molar-refractivity contribution in [3.05, 3.63) is 91.2 Å². The monoisotopic (exact) mass is 542 g/mol. The molecule has 7 nitrogen and oxygen atoms in total. The van der Waals surface area contributed by atoms with E-state index in [9.17, 15) is 23.3 Å². The molecule has 1 aromatic heterocycles. The Hall–Kier alpha value is -3.22.